The summed E-state index contributed by atoms with van der Waals surface area (Å²) in [5.74, 6) is 1.15. The van der Waals surface area contributed by atoms with Crippen molar-refractivity contribution in [1.29, 1.82) is 0 Å². The average Bonchev–Trinajstić information content (AvgIpc) is 2.84. The van der Waals surface area contributed by atoms with Crippen LogP contribution in [0.1, 0.15) is 26.7 Å². The van der Waals surface area contributed by atoms with Crippen molar-refractivity contribution in [1.82, 2.24) is 15.5 Å². The number of rotatable bonds is 5. The molecule has 2 N–H and O–H groups in total. The molecule has 1 heterocycles. The molecule has 7 heteroatoms. The van der Waals surface area contributed by atoms with Gasteiger partial charge in [-0.15, -0.1) is 5.10 Å². The maximum absolute atomic E-state index is 5.97. The van der Waals surface area contributed by atoms with E-state index < -0.39 is 0 Å². The number of aromatic nitrogens is 2. The van der Waals surface area contributed by atoms with Crippen LogP contribution in [0.3, 0.4) is 0 Å². The van der Waals surface area contributed by atoms with E-state index >= 15 is 0 Å². The Morgan fingerprint density at radius 3 is 2.71 bits per heavy atom. The molecule has 0 unspecified atom stereocenters. The molecular formula is C14H19ClN4O2. The van der Waals surface area contributed by atoms with Crippen LogP contribution in [0.15, 0.2) is 22.6 Å². The largest absolute Gasteiger partial charge is 0.495 e. The Morgan fingerprint density at radius 2 is 2.05 bits per heavy atom. The predicted octanol–water partition coefficient (Wildman–Crippen LogP) is 3.36. The summed E-state index contributed by atoms with van der Waals surface area (Å²) in [6.45, 7) is 6.71. The first kappa shape index (κ1) is 15.6. The van der Waals surface area contributed by atoms with Crippen LogP contribution in [0.2, 0.25) is 5.02 Å². The molecule has 0 aliphatic heterocycles. The summed E-state index contributed by atoms with van der Waals surface area (Å²) in [6.07, 6.45) is 0. The number of benzene rings is 1. The van der Waals surface area contributed by atoms with Crippen LogP contribution in [-0.4, -0.2) is 22.8 Å². The number of ether oxygens (including phenoxy) is 1. The van der Waals surface area contributed by atoms with Crippen LogP contribution in [0.5, 0.6) is 5.75 Å². The molecule has 0 aliphatic carbocycles. The molecule has 1 aromatic heterocycles. The molecule has 114 valence electrons. The maximum Gasteiger partial charge on any atom is 0.320 e. The van der Waals surface area contributed by atoms with E-state index in [1.807, 2.05) is 0 Å². The Bertz CT molecular complexity index is 607. The third kappa shape index (κ3) is 4.61. The van der Waals surface area contributed by atoms with Crippen molar-refractivity contribution >= 4 is 23.3 Å². The van der Waals surface area contributed by atoms with Crippen molar-refractivity contribution < 1.29 is 9.15 Å². The van der Waals surface area contributed by atoms with E-state index in [0.29, 0.717) is 34.9 Å². The molecular weight excluding hydrogens is 292 g/mol. The zero-order chi connectivity index (χ0) is 15.5. The number of nitrogens with zero attached hydrogens (tertiary/aromatic N) is 2. The predicted molar refractivity (Wildman–Crippen MR) is 82.2 cm³/mol. The Balaban J connectivity index is 2.07. The first-order chi connectivity index (χ1) is 9.87. The highest BCUT2D eigenvalue weighted by Gasteiger charge is 2.13. The van der Waals surface area contributed by atoms with Gasteiger partial charge in [0.05, 0.1) is 19.3 Å². The maximum atomic E-state index is 5.97. The Labute approximate surface area is 128 Å². The molecule has 0 saturated carbocycles. The van der Waals surface area contributed by atoms with E-state index in [4.69, 9.17) is 20.8 Å². The van der Waals surface area contributed by atoms with Crippen molar-refractivity contribution in [3.63, 3.8) is 0 Å². The van der Waals surface area contributed by atoms with Crippen LogP contribution in [0.4, 0.5) is 11.7 Å². The minimum atomic E-state index is -0.0156. The monoisotopic (exact) mass is 310 g/mol. The third-order valence-corrected chi connectivity index (χ3v) is 2.88. The van der Waals surface area contributed by atoms with Gasteiger partial charge in [0, 0.05) is 10.6 Å². The molecule has 2 rings (SSSR count). The molecule has 0 aliphatic rings. The van der Waals surface area contributed by atoms with Gasteiger partial charge >= 0.3 is 6.01 Å². The van der Waals surface area contributed by atoms with E-state index in [9.17, 15) is 0 Å². The lowest BCUT2D eigenvalue weighted by Gasteiger charge is -2.18. The van der Waals surface area contributed by atoms with Crippen molar-refractivity contribution in [3.8, 4) is 5.75 Å². The highest BCUT2D eigenvalue weighted by Crippen LogP contribution is 2.30. The van der Waals surface area contributed by atoms with Gasteiger partial charge in [0.1, 0.15) is 5.75 Å². The van der Waals surface area contributed by atoms with Gasteiger partial charge in [0.2, 0.25) is 5.89 Å². The molecule has 0 fully saturated rings. The SMILES string of the molecule is COc1ccc(Cl)cc1Nc1nnc(CNC(C)(C)C)o1. The van der Waals surface area contributed by atoms with Gasteiger partial charge in [0.25, 0.3) is 0 Å². The van der Waals surface area contributed by atoms with E-state index in [1.165, 1.54) is 0 Å². The second-order valence-corrected chi connectivity index (χ2v) is 6.01. The lowest BCUT2D eigenvalue weighted by atomic mass is 10.1. The lowest BCUT2D eigenvalue weighted by molar-refractivity contribution is 0.384. The first-order valence-electron chi connectivity index (χ1n) is 6.55. The molecule has 6 nitrogen and oxygen atoms in total. The Morgan fingerprint density at radius 1 is 1.29 bits per heavy atom. The van der Waals surface area contributed by atoms with E-state index in [1.54, 1.807) is 25.3 Å². The summed E-state index contributed by atoms with van der Waals surface area (Å²) >= 11 is 5.97. The summed E-state index contributed by atoms with van der Waals surface area (Å²) in [4.78, 5) is 0. The van der Waals surface area contributed by atoms with Gasteiger partial charge in [-0.1, -0.05) is 16.7 Å². The zero-order valence-corrected chi connectivity index (χ0v) is 13.3. The summed E-state index contributed by atoms with van der Waals surface area (Å²) in [7, 11) is 1.58. The minimum absolute atomic E-state index is 0.0156. The molecule has 21 heavy (non-hydrogen) atoms. The number of nitrogens with one attached hydrogen (secondary N) is 2. The molecule has 0 spiro atoms. The van der Waals surface area contributed by atoms with Crippen LogP contribution < -0.4 is 15.4 Å². The van der Waals surface area contributed by atoms with Crippen molar-refractivity contribution in [3.05, 3.63) is 29.1 Å². The Kier molecular flexibility index (Phi) is 4.69. The molecule has 0 amide bonds. The summed E-state index contributed by atoms with van der Waals surface area (Å²) in [5.41, 5.74) is 0.655. The van der Waals surface area contributed by atoms with E-state index in [2.05, 4.69) is 41.6 Å². The van der Waals surface area contributed by atoms with Crippen LogP contribution >= 0.6 is 11.6 Å². The fraction of sp³-hybridized carbons (Fsp3) is 0.429. The number of hydrogen-bond acceptors (Lipinski definition) is 6. The van der Waals surface area contributed by atoms with Crippen molar-refractivity contribution in [2.75, 3.05) is 12.4 Å². The van der Waals surface area contributed by atoms with Gasteiger partial charge in [-0.25, -0.2) is 0 Å². The average molecular weight is 311 g/mol. The minimum Gasteiger partial charge on any atom is -0.495 e. The molecule has 0 radical (unpaired) electrons. The van der Waals surface area contributed by atoms with Crippen LogP contribution in [0, 0.1) is 0 Å². The van der Waals surface area contributed by atoms with Crippen molar-refractivity contribution in [2.45, 2.75) is 32.9 Å². The van der Waals surface area contributed by atoms with Gasteiger partial charge in [-0.3, -0.25) is 0 Å². The zero-order valence-electron chi connectivity index (χ0n) is 12.5. The van der Waals surface area contributed by atoms with E-state index in [0.717, 1.165) is 0 Å². The highest BCUT2D eigenvalue weighted by molar-refractivity contribution is 6.30. The third-order valence-electron chi connectivity index (χ3n) is 2.64. The second-order valence-electron chi connectivity index (χ2n) is 5.57. The summed E-state index contributed by atoms with van der Waals surface area (Å²) in [6, 6.07) is 5.54. The van der Waals surface area contributed by atoms with Gasteiger partial charge < -0.3 is 19.8 Å². The van der Waals surface area contributed by atoms with E-state index in [-0.39, 0.29) is 5.54 Å². The fourth-order valence-electron chi connectivity index (χ4n) is 1.61. The van der Waals surface area contributed by atoms with Crippen LogP contribution in [0.25, 0.3) is 0 Å². The number of anilines is 2. The van der Waals surface area contributed by atoms with Gasteiger partial charge in [-0.2, -0.15) is 0 Å². The topological polar surface area (TPSA) is 72.2 Å². The quantitative estimate of drug-likeness (QED) is 0.882. The molecule has 2 aromatic rings. The summed E-state index contributed by atoms with van der Waals surface area (Å²) in [5, 5.41) is 14.8. The van der Waals surface area contributed by atoms with Gasteiger partial charge in [-0.05, 0) is 39.0 Å². The normalized spacial score (nSPS) is 11.5. The fourth-order valence-corrected chi connectivity index (χ4v) is 1.78. The number of methoxy groups -OCH3 is 1. The lowest BCUT2D eigenvalue weighted by Crippen LogP contribution is -2.35. The Hall–Kier alpha value is -1.79. The number of hydrogen-bond donors (Lipinski definition) is 2. The second kappa shape index (κ2) is 6.32. The highest BCUT2D eigenvalue weighted by atomic mass is 35.5. The number of halogens is 1. The molecule has 0 atom stereocenters. The molecule has 1 aromatic carbocycles. The summed E-state index contributed by atoms with van der Waals surface area (Å²) < 4.78 is 10.8. The molecule has 0 bridgehead atoms. The smallest absolute Gasteiger partial charge is 0.320 e. The molecule has 0 saturated heterocycles. The van der Waals surface area contributed by atoms with Crippen LogP contribution in [-0.2, 0) is 6.54 Å². The van der Waals surface area contributed by atoms with Gasteiger partial charge in [0.15, 0.2) is 0 Å². The van der Waals surface area contributed by atoms with Crippen molar-refractivity contribution in [2.24, 2.45) is 0 Å². The standard InChI is InChI=1S/C14H19ClN4O2/c1-14(2,3)16-8-12-18-19-13(21-12)17-10-7-9(15)5-6-11(10)20-4/h5-7,16H,8H2,1-4H3,(H,17,19). The first-order valence-corrected chi connectivity index (χ1v) is 6.93.